The van der Waals surface area contributed by atoms with E-state index in [1.807, 2.05) is 24.6 Å². The predicted molar refractivity (Wildman–Crippen MR) is 105 cm³/mol. The minimum atomic E-state index is 0. The summed E-state index contributed by atoms with van der Waals surface area (Å²) in [7, 11) is 1.83. The molecular formula is C16H23IN4OS. The number of nitrogens with one attached hydrogen (secondary N) is 1. The van der Waals surface area contributed by atoms with Crippen LogP contribution in [0.3, 0.4) is 0 Å². The molecule has 1 atom stereocenters. The largest absolute Gasteiger partial charge is 0.443 e. The average Bonchev–Trinajstić information content (AvgIpc) is 3.19. The normalized spacial score (nSPS) is 18.6. The number of oxazole rings is 1. The molecule has 0 bridgehead atoms. The van der Waals surface area contributed by atoms with Gasteiger partial charge in [-0.05, 0) is 30.2 Å². The van der Waals surface area contributed by atoms with E-state index in [1.165, 1.54) is 12.8 Å². The molecule has 0 spiro atoms. The fourth-order valence-corrected chi connectivity index (χ4v) is 3.44. The van der Waals surface area contributed by atoms with Crippen LogP contribution in [0.5, 0.6) is 0 Å². The van der Waals surface area contributed by atoms with Crippen molar-refractivity contribution in [3.05, 3.63) is 29.5 Å². The highest BCUT2D eigenvalue weighted by Crippen LogP contribution is 2.23. The smallest absolute Gasteiger partial charge is 0.236 e. The van der Waals surface area contributed by atoms with E-state index in [2.05, 4.69) is 27.1 Å². The molecule has 7 heteroatoms. The summed E-state index contributed by atoms with van der Waals surface area (Å²) < 4.78 is 5.54. The topological polar surface area (TPSA) is 53.7 Å². The first-order valence-electron chi connectivity index (χ1n) is 7.70. The number of aliphatic imine (C=N–C) groups is 1. The molecule has 0 aliphatic carbocycles. The molecule has 126 valence electrons. The van der Waals surface area contributed by atoms with Gasteiger partial charge in [0, 0.05) is 20.1 Å². The number of thiophene rings is 1. The zero-order valence-electron chi connectivity index (χ0n) is 13.5. The lowest BCUT2D eigenvalue weighted by Gasteiger charge is -2.33. The summed E-state index contributed by atoms with van der Waals surface area (Å²) in [5, 5.41) is 5.42. The van der Waals surface area contributed by atoms with E-state index in [-0.39, 0.29) is 24.0 Å². The van der Waals surface area contributed by atoms with Crippen LogP contribution in [0, 0.1) is 5.92 Å². The van der Waals surface area contributed by atoms with Crippen molar-refractivity contribution in [3.63, 3.8) is 0 Å². The SMILES string of the molecule is CN=C(NCc1coc(-c2cccs2)n1)N1CCCC(C)C1.I. The standard InChI is InChI=1S/C16H22N4OS.HI/c1-12-5-3-7-20(10-12)16(17-2)18-9-13-11-21-15(19-13)14-6-4-8-22-14;/h4,6,8,11-12H,3,5,7,9-10H2,1-2H3,(H,17,18);1H. The van der Waals surface area contributed by atoms with Gasteiger partial charge >= 0.3 is 0 Å². The molecule has 0 aromatic carbocycles. The lowest BCUT2D eigenvalue weighted by molar-refractivity contribution is 0.266. The fourth-order valence-electron chi connectivity index (χ4n) is 2.79. The van der Waals surface area contributed by atoms with Crippen molar-refractivity contribution in [2.75, 3.05) is 20.1 Å². The quantitative estimate of drug-likeness (QED) is 0.443. The van der Waals surface area contributed by atoms with Gasteiger partial charge in [0.05, 0.1) is 17.1 Å². The minimum Gasteiger partial charge on any atom is -0.443 e. The van der Waals surface area contributed by atoms with Gasteiger partial charge in [0.2, 0.25) is 5.89 Å². The first-order valence-corrected chi connectivity index (χ1v) is 8.58. The summed E-state index contributed by atoms with van der Waals surface area (Å²) in [6, 6.07) is 4.02. The van der Waals surface area contributed by atoms with Crippen LogP contribution in [0.15, 0.2) is 33.2 Å². The maximum absolute atomic E-state index is 5.54. The van der Waals surface area contributed by atoms with E-state index >= 15 is 0 Å². The number of piperidine rings is 1. The molecule has 1 unspecified atom stereocenters. The molecule has 5 nitrogen and oxygen atoms in total. The number of nitrogens with zero attached hydrogens (tertiary/aromatic N) is 3. The Morgan fingerprint density at radius 2 is 2.43 bits per heavy atom. The summed E-state index contributed by atoms with van der Waals surface area (Å²) >= 11 is 1.63. The highest BCUT2D eigenvalue weighted by atomic mass is 127. The minimum absolute atomic E-state index is 0. The summed E-state index contributed by atoms with van der Waals surface area (Å²) in [5.41, 5.74) is 0.898. The van der Waals surface area contributed by atoms with E-state index in [9.17, 15) is 0 Å². The Bertz CT molecular complexity index is 626. The maximum Gasteiger partial charge on any atom is 0.236 e. The van der Waals surface area contributed by atoms with Gasteiger partial charge in [-0.2, -0.15) is 0 Å². The van der Waals surface area contributed by atoms with Crippen LogP contribution in [0.2, 0.25) is 0 Å². The van der Waals surface area contributed by atoms with Crippen molar-refractivity contribution in [3.8, 4) is 10.8 Å². The van der Waals surface area contributed by atoms with Gasteiger partial charge in [-0.15, -0.1) is 35.3 Å². The van der Waals surface area contributed by atoms with Crippen LogP contribution in [-0.2, 0) is 6.54 Å². The number of guanidine groups is 1. The van der Waals surface area contributed by atoms with E-state index < -0.39 is 0 Å². The highest BCUT2D eigenvalue weighted by molar-refractivity contribution is 14.0. The van der Waals surface area contributed by atoms with Crippen molar-refractivity contribution in [1.82, 2.24) is 15.2 Å². The Kier molecular flexibility index (Phi) is 6.88. The highest BCUT2D eigenvalue weighted by Gasteiger charge is 2.19. The average molecular weight is 446 g/mol. The first-order chi connectivity index (χ1) is 10.8. The summed E-state index contributed by atoms with van der Waals surface area (Å²) in [5.74, 6) is 2.37. The van der Waals surface area contributed by atoms with Crippen LogP contribution in [-0.4, -0.2) is 36.0 Å². The second kappa shape index (κ2) is 8.68. The summed E-state index contributed by atoms with van der Waals surface area (Å²) in [6.07, 6.45) is 4.25. The Balaban J connectivity index is 0.00000192. The molecule has 1 N–H and O–H groups in total. The number of rotatable bonds is 3. The van der Waals surface area contributed by atoms with E-state index in [0.29, 0.717) is 12.4 Å². The van der Waals surface area contributed by atoms with Gasteiger partial charge in [-0.1, -0.05) is 13.0 Å². The van der Waals surface area contributed by atoms with Gasteiger partial charge in [0.25, 0.3) is 0 Å². The number of likely N-dealkylation sites (tertiary alicyclic amines) is 1. The molecule has 2 aromatic rings. The van der Waals surface area contributed by atoms with E-state index in [1.54, 1.807) is 17.6 Å². The van der Waals surface area contributed by atoms with Gasteiger partial charge in [0.1, 0.15) is 6.26 Å². The zero-order valence-corrected chi connectivity index (χ0v) is 16.6. The molecule has 2 aromatic heterocycles. The number of hydrogen-bond acceptors (Lipinski definition) is 4. The van der Waals surface area contributed by atoms with Crippen LogP contribution >= 0.6 is 35.3 Å². The van der Waals surface area contributed by atoms with Gasteiger partial charge in [-0.3, -0.25) is 4.99 Å². The lowest BCUT2D eigenvalue weighted by atomic mass is 10.0. The monoisotopic (exact) mass is 446 g/mol. The number of hydrogen-bond donors (Lipinski definition) is 1. The second-order valence-electron chi connectivity index (χ2n) is 5.72. The lowest BCUT2D eigenvalue weighted by Crippen LogP contribution is -2.45. The number of aromatic nitrogens is 1. The molecule has 1 fully saturated rings. The predicted octanol–water partition coefficient (Wildman–Crippen LogP) is 3.83. The van der Waals surface area contributed by atoms with Crippen molar-refractivity contribution in [2.45, 2.75) is 26.3 Å². The molecule has 1 aliphatic heterocycles. The van der Waals surface area contributed by atoms with Crippen LogP contribution in [0.4, 0.5) is 0 Å². The van der Waals surface area contributed by atoms with Crippen LogP contribution < -0.4 is 5.32 Å². The zero-order chi connectivity index (χ0) is 15.4. The van der Waals surface area contributed by atoms with Crippen molar-refractivity contribution < 1.29 is 4.42 Å². The molecule has 1 saturated heterocycles. The summed E-state index contributed by atoms with van der Waals surface area (Å²) in [6.45, 7) is 5.07. The van der Waals surface area contributed by atoms with Gasteiger partial charge < -0.3 is 14.6 Å². The first kappa shape index (κ1) is 18.3. The molecular weight excluding hydrogens is 423 g/mol. The van der Waals surface area contributed by atoms with Crippen LogP contribution in [0.1, 0.15) is 25.5 Å². The van der Waals surface area contributed by atoms with E-state index in [4.69, 9.17) is 4.42 Å². The molecule has 3 heterocycles. The molecule has 0 saturated carbocycles. The molecule has 0 radical (unpaired) electrons. The third-order valence-corrected chi connectivity index (χ3v) is 4.74. The van der Waals surface area contributed by atoms with Gasteiger partial charge in [-0.25, -0.2) is 4.98 Å². The molecule has 3 rings (SSSR count). The van der Waals surface area contributed by atoms with Crippen molar-refractivity contribution in [1.29, 1.82) is 0 Å². The Hall–Kier alpha value is -1.09. The Morgan fingerprint density at radius 1 is 1.57 bits per heavy atom. The molecule has 1 aliphatic rings. The van der Waals surface area contributed by atoms with Crippen molar-refractivity contribution in [2.24, 2.45) is 10.9 Å². The number of halogens is 1. The van der Waals surface area contributed by atoms with Gasteiger partial charge in [0.15, 0.2) is 5.96 Å². The maximum atomic E-state index is 5.54. The fraction of sp³-hybridized carbons (Fsp3) is 0.500. The van der Waals surface area contributed by atoms with E-state index in [0.717, 1.165) is 35.5 Å². The Labute approximate surface area is 158 Å². The van der Waals surface area contributed by atoms with Crippen molar-refractivity contribution >= 4 is 41.3 Å². The summed E-state index contributed by atoms with van der Waals surface area (Å²) in [4.78, 5) is 12.3. The third-order valence-electron chi connectivity index (χ3n) is 3.88. The molecule has 0 amide bonds. The van der Waals surface area contributed by atoms with Crippen LogP contribution in [0.25, 0.3) is 10.8 Å². The third kappa shape index (κ3) is 4.69. The Morgan fingerprint density at radius 3 is 3.13 bits per heavy atom. The molecule has 23 heavy (non-hydrogen) atoms. The second-order valence-corrected chi connectivity index (χ2v) is 6.66.